The second kappa shape index (κ2) is 9.43. The fraction of sp³-hybridized carbons (Fsp3) is 0.353. The van der Waals surface area contributed by atoms with Crippen LogP contribution < -0.4 is 0 Å². The Morgan fingerprint density at radius 2 is 1.45 bits per heavy atom. The number of carbonyl (C=O) groups excluding carboxylic acids is 2. The number of phenolic OH excluding ortho intramolecular Hbond substituents is 2. The minimum atomic E-state index is -0.297. The minimum Gasteiger partial charge on any atom is -0.504 e. The predicted octanol–water partition coefficient (Wildman–Crippen LogP) is 5.02. The van der Waals surface area contributed by atoms with Crippen molar-refractivity contribution >= 4 is 11.6 Å². The van der Waals surface area contributed by atoms with Gasteiger partial charge in [-0.1, -0.05) is 54.1 Å². The predicted molar refractivity (Wildman–Crippen MR) is 154 cm³/mol. The van der Waals surface area contributed by atoms with Crippen LogP contribution in [0.2, 0.25) is 0 Å². The molecule has 40 heavy (non-hydrogen) atoms. The van der Waals surface area contributed by atoms with Crippen LogP contribution in [-0.4, -0.2) is 58.8 Å². The Bertz CT molecular complexity index is 1610. The molecule has 6 nitrogen and oxygen atoms in total. The molecule has 0 fully saturated rings. The number of rotatable bonds is 0. The number of aromatic hydroxyl groups is 2. The Kier molecular flexibility index (Phi) is 5.95. The SMILES string of the molecule is CN1CCc2cccc3c2C1CC1=CCC(=O)C(=O)C13.CN1CCc2cccc3c2C1Cc1ccc(O)c(O)c1-3. The number of nitrogens with zero attached hydrogens (tertiary/aromatic N) is 2. The van der Waals surface area contributed by atoms with Crippen molar-refractivity contribution in [1.29, 1.82) is 0 Å². The Morgan fingerprint density at radius 1 is 0.775 bits per heavy atom. The molecule has 6 heteroatoms. The molecule has 0 aromatic heterocycles. The average Bonchev–Trinajstić information content (AvgIpc) is 2.96. The summed E-state index contributed by atoms with van der Waals surface area (Å²) in [6.07, 6.45) is 6.14. The van der Waals surface area contributed by atoms with E-state index < -0.39 is 0 Å². The molecule has 0 amide bonds. The van der Waals surface area contributed by atoms with Gasteiger partial charge in [-0.3, -0.25) is 19.4 Å². The molecule has 3 unspecified atom stereocenters. The Morgan fingerprint density at radius 3 is 2.20 bits per heavy atom. The molecule has 0 spiro atoms. The molecular formula is C34H34N2O4. The zero-order valence-corrected chi connectivity index (χ0v) is 23.0. The summed E-state index contributed by atoms with van der Waals surface area (Å²) >= 11 is 0. The van der Waals surface area contributed by atoms with Gasteiger partial charge >= 0.3 is 0 Å². The molecular weight excluding hydrogens is 500 g/mol. The first kappa shape index (κ1) is 25.2. The highest BCUT2D eigenvalue weighted by Crippen LogP contribution is 2.50. The second-order valence-electron chi connectivity index (χ2n) is 11.9. The second-order valence-corrected chi connectivity index (χ2v) is 11.9. The first-order chi connectivity index (χ1) is 19.3. The van der Waals surface area contributed by atoms with Gasteiger partial charge in [0.1, 0.15) is 0 Å². The van der Waals surface area contributed by atoms with Crippen LogP contribution in [0.4, 0.5) is 0 Å². The third-order valence-corrected chi connectivity index (χ3v) is 9.75. The Balaban J connectivity index is 0.000000132. The first-order valence-electron chi connectivity index (χ1n) is 14.3. The van der Waals surface area contributed by atoms with Crippen LogP contribution in [0.25, 0.3) is 11.1 Å². The van der Waals surface area contributed by atoms with Crippen molar-refractivity contribution in [2.24, 2.45) is 0 Å². The van der Waals surface area contributed by atoms with Crippen LogP contribution in [0.5, 0.6) is 11.5 Å². The summed E-state index contributed by atoms with van der Waals surface area (Å²) < 4.78 is 0. The number of carbonyl (C=O) groups is 2. The van der Waals surface area contributed by atoms with Crippen molar-refractivity contribution in [3.05, 3.63) is 93.6 Å². The molecule has 0 radical (unpaired) electrons. The number of benzene rings is 3. The molecule has 3 aliphatic carbocycles. The summed E-state index contributed by atoms with van der Waals surface area (Å²) in [5.41, 5.74) is 10.6. The summed E-state index contributed by atoms with van der Waals surface area (Å²) in [6, 6.07) is 16.8. The molecule has 204 valence electrons. The summed E-state index contributed by atoms with van der Waals surface area (Å²) in [7, 11) is 4.32. The number of ketones is 2. The van der Waals surface area contributed by atoms with Crippen molar-refractivity contribution in [3.63, 3.8) is 0 Å². The summed E-state index contributed by atoms with van der Waals surface area (Å²) in [6.45, 7) is 2.13. The van der Waals surface area contributed by atoms with Crippen LogP contribution in [0.15, 0.2) is 60.2 Å². The van der Waals surface area contributed by atoms with E-state index in [4.69, 9.17) is 0 Å². The van der Waals surface area contributed by atoms with Crippen molar-refractivity contribution < 1.29 is 19.8 Å². The fourth-order valence-electron chi connectivity index (χ4n) is 7.65. The average molecular weight is 535 g/mol. The first-order valence-corrected chi connectivity index (χ1v) is 14.3. The molecule has 2 N–H and O–H groups in total. The fourth-order valence-corrected chi connectivity index (χ4v) is 7.65. The van der Waals surface area contributed by atoms with Gasteiger partial charge in [0, 0.05) is 37.2 Å². The smallest absolute Gasteiger partial charge is 0.210 e. The quantitative estimate of drug-likeness (QED) is 0.240. The highest BCUT2D eigenvalue weighted by atomic mass is 16.3. The molecule has 8 rings (SSSR count). The minimum absolute atomic E-state index is 0.0163. The van der Waals surface area contributed by atoms with Gasteiger partial charge in [-0.2, -0.15) is 0 Å². The van der Waals surface area contributed by atoms with Crippen molar-refractivity contribution in [3.8, 4) is 22.6 Å². The molecule has 3 atom stereocenters. The van der Waals surface area contributed by atoms with Gasteiger partial charge in [-0.05, 0) is 84.8 Å². The van der Waals surface area contributed by atoms with Crippen LogP contribution in [0.3, 0.4) is 0 Å². The third-order valence-electron chi connectivity index (χ3n) is 9.75. The van der Waals surface area contributed by atoms with Crippen molar-refractivity contribution in [2.75, 3.05) is 27.2 Å². The van der Waals surface area contributed by atoms with Gasteiger partial charge in [0.05, 0.1) is 5.92 Å². The number of hydrogen-bond donors (Lipinski definition) is 2. The van der Waals surface area contributed by atoms with E-state index in [1.807, 2.05) is 24.3 Å². The van der Waals surface area contributed by atoms with E-state index in [1.165, 1.54) is 22.3 Å². The van der Waals surface area contributed by atoms with Gasteiger partial charge < -0.3 is 10.2 Å². The normalized spacial score (nSPS) is 24.6. The van der Waals surface area contributed by atoms with E-state index in [-0.39, 0.29) is 35.4 Å². The highest BCUT2D eigenvalue weighted by Gasteiger charge is 2.42. The Hall–Kier alpha value is -3.74. The molecule has 2 aliphatic heterocycles. The third kappa shape index (κ3) is 3.77. The number of fused-ring (bicyclic) bond motifs is 4. The van der Waals surface area contributed by atoms with E-state index >= 15 is 0 Å². The van der Waals surface area contributed by atoms with E-state index in [0.717, 1.165) is 66.6 Å². The molecule has 0 saturated carbocycles. The van der Waals surface area contributed by atoms with E-state index in [2.05, 4.69) is 48.2 Å². The monoisotopic (exact) mass is 534 g/mol. The highest BCUT2D eigenvalue weighted by molar-refractivity contribution is 6.41. The van der Waals surface area contributed by atoms with Crippen LogP contribution in [-0.2, 0) is 28.9 Å². The number of phenols is 2. The maximum Gasteiger partial charge on any atom is 0.210 e. The van der Waals surface area contributed by atoms with Gasteiger partial charge in [0.25, 0.3) is 0 Å². The number of allylic oxidation sites excluding steroid dienone is 1. The van der Waals surface area contributed by atoms with Crippen molar-refractivity contribution in [2.45, 2.75) is 50.1 Å². The van der Waals surface area contributed by atoms with Gasteiger partial charge in [0.15, 0.2) is 11.5 Å². The molecule has 0 bridgehead atoms. The largest absolute Gasteiger partial charge is 0.504 e. The lowest BCUT2D eigenvalue weighted by atomic mass is 9.68. The van der Waals surface area contributed by atoms with Crippen molar-refractivity contribution in [1.82, 2.24) is 9.80 Å². The lowest BCUT2D eigenvalue weighted by molar-refractivity contribution is -0.137. The maximum atomic E-state index is 12.3. The molecule has 2 heterocycles. The summed E-state index contributed by atoms with van der Waals surface area (Å²) in [5, 5.41) is 20.1. The van der Waals surface area contributed by atoms with Crippen LogP contribution in [0, 0.1) is 0 Å². The van der Waals surface area contributed by atoms with Gasteiger partial charge in [-0.25, -0.2) is 0 Å². The molecule has 5 aliphatic rings. The molecule has 0 saturated heterocycles. The van der Waals surface area contributed by atoms with E-state index in [0.29, 0.717) is 12.1 Å². The number of hydrogen-bond acceptors (Lipinski definition) is 6. The Labute approximate surface area is 234 Å². The zero-order valence-electron chi connectivity index (χ0n) is 23.0. The van der Waals surface area contributed by atoms with Crippen LogP contribution in [0.1, 0.15) is 64.2 Å². The lowest BCUT2D eigenvalue weighted by Crippen LogP contribution is -2.39. The molecule has 3 aromatic carbocycles. The summed E-state index contributed by atoms with van der Waals surface area (Å²) in [4.78, 5) is 28.9. The standard InChI is InChI=1S/2C17H17NO2/c2*1-18-8-7-10-3-2-4-12-15(10)13(18)9-11-5-6-14(19)17(20)16(11)12/h2-5,13,16H,6-9H2,1H3;2-6,13,19-20H,7-9H2,1H3. The van der Waals surface area contributed by atoms with E-state index in [9.17, 15) is 19.8 Å². The van der Waals surface area contributed by atoms with Gasteiger partial charge in [0.2, 0.25) is 11.6 Å². The number of likely N-dealkylation sites (N-methyl/N-ethyl adjacent to an activating group) is 2. The topological polar surface area (TPSA) is 81.1 Å². The van der Waals surface area contributed by atoms with Crippen LogP contribution >= 0.6 is 0 Å². The maximum absolute atomic E-state index is 12.3. The molecule has 3 aromatic rings. The van der Waals surface area contributed by atoms with Gasteiger partial charge in [-0.15, -0.1) is 0 Å². The number of Topliss-reactive ketones (excluding diaryl/α,β-unsaturated/α-hetero) is 2. The lowest BCUT2D eigenvalue weighted by Gasteiger charge is -2.43. The van der Waals surface area contributed by atoms with E-state index in [1.54, 1.807) is 6.07 Å². The zero-order chi connectivity index (χ0) is 27.7. The summed E-state index contributed by atoms with van der Waals surface area (Å²) in [5.74, 6) is -0.762.